The summed E-state index contributed by atoms with van der Waals surface area (Å²) < 4.78 is 3.93. The van der Waals surface area contributed by atoms with Crippen LogP contribution in [0.5, 0.6) is 0 Å². The minimum atomic E-state index is 0.748. The van der Waals surface area contributed by atoms with Crippen LogP contribution < -0.4 is 5.73 Å². The van der Waals surface area contributed by atoms with Crippen molar-refractivity contribution in [3.05, 3.63) is 60.3 Å². The van der Waals surface area contributed by atoms with E-state index in [0.717, 1.165) is 28.5 Å². The van der Waals surface area contributed by atoms with Gasteiger partial charge in [0.1, 0.15) is 0 Å². The van der Waals surface area contributed by atoms with Crippen molar-refractivity contribution in [3.8, 4) is 0 Å². The van der Waals surface area contributed by atoms with Gasteiger partial charge in [-0.1, -0.05) is 0 Å². The maximum atomic E-state index is 4.50. The number of rotatable bonds is 0. The van der Waals surface area contributed by atoms with Crippen molar-refractivity contribution in [3.63, 3.8) is 0 Å². The van der Waals surface area contributed by atoms with Gasteiger partial charge in [-0.3, -0.25) is 9.38 Å². The summed E-state index contributed by atoms with van der Waals surface area (Å²) in [7, 11) is 1.50. The summed E-state index contributed by atoms with van der Waals surface area (Å²) in [5, 5.41) is 0. The highest BCUT2D eigenvalue weighted by atomic mass is 15.1. The number of hydrogen-bond acceptors (Lipinski definition) is 5. The molecule has 0 saturated heterocycles. The first-order chi connectivity index (χ1) is 11.1. The normalized spacial score (nSPS) is 9.96. The van der Waals surface area contributed by atoms with Gasteiger partial charge in [0.15, 0.2) is 5.65 Å². The van der Waals surface area contributed by atoms with Crippen LogP contribution in [0.4, 0.5) is 0 Å². The molecular formula is C16H21N7. The summed E-state index contributed by atoms with van der Waals surface area (Å²) in [5.41, 5.74) is 8.60. The molecule has 23 heavy (non-hydrogen) atoms. The Hall–Kier alpha value is -2.80. The Kier molecular flexibility index (Phi) is 5.37. The first-order valence-electron chi connectivity index (χ1n) is 7.24. The molecule has 4 aromatic heterocycles. The largest absolute Gasteiger partial charge is 0.333 e. The number of fused-ring (bicyclic) bond motifs is 2. The number of nitrogens with zero attached hydrogens (tertiary/aromatic N) is 6. The standard InChI is InChI=1S/C9H11N3.C6H5N3.CH5N/c1-6-5-12-7(2)4-10-8(3)9(12)11-6;1-2-7-6-8-3-5-9(6)4-1;1-2/h4-5H,1-3H3;1-5H;2H2,1H3. The van der Waals surface area contributed by atoms with E-state index in [-0.39, 0.29) is 0 Å². The molecule has 4 aromatic rings. The van der Waals surface area contributed by atoms with E-state index >= 15 is 0 Å². The highest BCUT2D eigenvalue weighted by Gasteiger charge is 2.03. The van der Waals surface area contributed by atoms with E-state index in [2.05, 4.69) is 30.1 Å². The second-order valence-electron chi connectivity index (χ2n) is 4.82. The fraction of sp³-hybridized carbons (Fsp3) is 0.250. The fourth-order valence-corrected chi connectivity index (χ4v) is 2.09. The predicted molar refractivity (Wildman–Crippen MR) is 90.3 cm³/mol. The van der Waals surface area contributed by atoms with Crippen LogP contribution in [-0.4, -0.2) is 35.8 Å². The van der Waals surface area contributed by atoms with Crippen molar-refractivity contribution in [2.24, 2.45) is 5.73 Å². The Bertz CT molecular complexity index is 823. The lowest BCUT2D eigenvalue weighted by atomic mass is 10.4. The van der Waals surface area contributed by atoms with Gasteiger partial charge in [-0.15, -0.1) is 0 Å². The van der Waals surface area contributed by atoms with Gasteiger partial charge in [0.2, 0.25) is 5.78 Å². The molecule has 4 heterocycles. The Morgan fingerprint density at radius 3 is 2.39 bits per heavy atom. The van der Waals surface area contributed by atoms with Crippen LogP contribution in [0.3, 0.4) is 0 Å². The maximum Gasteiger partial charge on any atom is 0.233 e. The van der Waals surface area contributed by atoms with E-state index in [1.54, 1.807) is 12.4 Å². The quantitative estimate of drug-likeness (QED) is 0.536. The number of nitrogens with two attached hydrogens (primary N) is 1. The van der Waals surface area contributed by atoms with Gasteiger partial charge in [-0.2, -0.15) is 0 Å². The highest BCUT2D eigenvalue weighted by Crippen LogP contribution is 2.09. The number of aromatic nitrogens is 6. The predicted octanol–water partition coefficient (Wildman–Crippen LogP) is 1.96. The summed E-state index contributed by atoms with van der Waals surface area (Å²) in [4.78, 5) is 16.6. The zero-order chi connectivity index (χ0) is 16.8. The average Bonchev–Trinajstić information content (AvgIpc) is 3.20. The lowest BCUT2D eigenvalue weighted by molar-refractivity contribution is 1.02. The minimum absolute atomic E-state index is 0.748. The van der Waals surface area contributed by atoms with Gasteiger partial charge in [0, 0.05) is 42.9 Å². The van der Waals surface area contributed by atoms with E-state index in [0.29, 0.717) is 0 Å². The fourth-order valence-electron chi connectivity index (χ4n) is 2.09. The van der Waals surface area contributed by atoms with Crippen molar-refractivity contribution >= 4 is 11.4 Å². The van der Waals surface area contributed by atoms with Crippen molar-refractivity contribution in [2.75, 3.05) is 7.05 Å². The topological polar surface area (TPSA) is 86.4 Å². The summed E-state index contributed by atoms with van der Waals surface area (Å²) in [5.74, 6) is 0.748. The van der Waals surface area contributed by atoms with E-state index in [9.17, 15) is 0 Å². The molecule has 7 nitrogen and oxygen atoms in total. The molecule has 0 aliphatic rings. The van der Waals surface area contributed by atoms with Crippen molar-refractivity contribution in [1.82, 2.24) is 28.7 Å². The van der Waals surface area contributed by atoms with E-state index in [1.807, 2.05) is 56.0 Å². The number of imidazole rings is 2. The second kappa shape index (κ2) is 7.46. The van der Waals surface area contributed by atoms with Gasteiger partial charge < -0.3 is 10.1 Å². The Morgan fingerprint density at radius 1 is 0.957 bits per heavy atom. The molecule has 7 heteroatoms. The highest BCUT2D eigenvalue weighted by molar-refractivity contribution is 5.45. The summed E-state index contributed by atoms with van der Waals surface area (Å²) in [6, 6.07) is 1.87. The van der Waals surface area contributed by atoms with E-state index < -0.39 is 0 Å². The Morgan fingerprint density at radius 2 is 1.70 bits per heavy atom. The molecule has 0 aliphatic heterocycles. The van der Waals surface area contributed by atoms with E-state index in [1.165, 1.54) is 7.05 Å². The number of hydrogen-bond donors (Lipinski definition) is 1. The molecule has 0 bridgehead atoms. The van der Waals surface area contributed by atoms with Crippen LogP contribution in [0.2, 0.25) is 0 Å². The van der Waals surface area contributed by atoms with Gasteiger partial charge in [0.05, 0.1) is 11.4 Å². The molecule has 0 radical (unpaired) electrons. The molecule has 0 saturated carbocycles. The van der Waals surface area contributed by atoms with Gasteiger partial charge in [0.25, 0.3) is 0 Å². The summed E-state index contributed by atoms with van der Waals surface area (Å²) in [6.07, 6.45) is 11.1. The zero-order valence-electron chi connectivity index (χ0n) is 13.8. The summed E-state index contributed by atoms with van der Waals surface area (Å²) >= 11 is 0. The maximum absolute atomic E-state index is 4.50. The average molecular weight is 311 g/mol. The van der Waals surface area contributed by atoms with Crippen LogP contribution in [0.25, 0.3) is 11.4 Å². The third kappa shape index (κ3) is 3.70. The lowest BCUT2D eigenvalue weighted by Gasteiger charge is -1.99. The van der Waals surface area contributed by atoms with Crippen molar-refractivity contribution in [1.29, 1.82) is 0 Å². The van der Waals surface area contributed by atoms with Crippen molar-refractivity contribution < 1.29 is 0 Å². The first kappa shape index (κ1) is 16.6. The summed E-state index contributed by atoms with van der Waals surface area (Å²) in [6.45, 7) is 5.99. The van der Waals surface area contributed by atoms with Crippen LogP contribution >= 0.6 is 0 Å². The van der Waals surface area contributed by atoms with Gasteiger partial charge >= 0.3 is 0 Å². The molecule has 0 aliphatic carbocycles. The van der Waals surface area contributed by atoms with Crippen LogP contribution in [0, 0.1) is 20.8 Å². The SMILES string of the molecule is CN.Cc1cn2c(C)cnc(C)c2n1.c1cnc2nccn2c1. The molecule has 4 rings (SSSR count). The smallest absolute Gasteiger partial charge is 0.233 e. The molecule has 0 spiro atoms. The van der Waals surface area contributed by atoms with Crippen LogP contribution in [0.15, 0.2) is 43.2 Å². The monoisotopic (exact) mass is 311 g/mol. The number of aryl methyl sites for hydroxylation is 3. The molecule has 0 amide bonds. The lowest BCUT2D eigenvalue weighted by Crippen LogP contribution is -1.94. The molecular weight excluding hydrogens is 290 g/mol. The van der Waals surface area contributed by atoms with Crippen LogP contribution in [-0.2, 0) is 0 Å². The van der Waals surface area contributed by atoms with E-state index in [4.69, 9.17) is 0 Å². The van der Waals surface area contributed by atoms with Gasteiger partial charge in [-0.25, -0.2) is 15.0 Å². The van der Waals surface area contributed by atoms with Crippen molar-refractivity contribution in [2.45, 2.75) is 20.8 Å². The minimum Gasteiger partial charge on any atom is -0.333 e. The zero-order valence-corrected chi connectivity index (χ0v) is 13.8. The van der Waals surface area contributed by atoms with Crippen LogP contribution in [0.1, 0.15) is 17.1 Å². The second-order valence-corrected chi connectivity index (χ2v) is 4.82. The molecule has 2 N–H and O–H groups in total. The first-order valence-corrected chi connectivity index (χ1v) is 7.24. The molecule has 0 unspecified atom stereocenters. The molecule has 0 fully saturated rings. The molecule has 0 aromatic carbocycles. The molecule has 0 atom stereocenters. The van der Waals surface area contributed by atoms with Gasteiger partial charge in [-0.05, 0) is 33.9 Å². The third-order valence-electron chi connectivity index (χ3n) is 3.15. The Labute approximate surface area is 134 Å². The third-order valence-corrected chi connectivity index (χ3v) is 3.15. The Balaban J connectivity index is 0.000000155. The molecule has 120 valence electrons.